The molecule has 0 N–H and O–H groups in total. The second-order valence-corrected chi connectivity index (χ2v) is 7.56. The molecule has 2 saturated heterocycles. The van der Waals surface area contributed by atoms with E-state index in [0.29, 0.717) is 17.8 Å². The summed E-state index contributed by atoms with van der Waals surface area (Å²) in [6, 6.07) is 5.63. The summed E-state index contributed by atoms with van der Waals surface area (Å²) in [7, 11) is 1.71. The van der Waals surface area contributed by atoms with Crippen LogP contribution in [0.3, 0.4) is 0 Å². The maximum absolute atomic E-state index is 11.5. The lowest BCUT2D eigenvalue weighted by Gasteiger charge is -2.23. The molecular formula is C18H22N6O. The average molecular weight is 338 g/mol. The van der Waals surface area contributed by atoms with Crippen LogP contribution < -0.4 is 15.4 Å². The Labute approximate surface area is 146 Å². The first-order valence-electron chi connectivity index (χ1n) is 9.03. The van der Waals surface area contributed by atoms with Crippen molar-refractivity contribution in [1.82, 2.24) is 19.7 Å². The zero-order chi connectivity index (χ0) is 17.0. The Morgan fingerprint density at radius 3 is 2.28 bits per heavy atom. The van der Waals surface area contributed by atoms with Crippen LogP contribution in [0.5, 0.6) is 0 Å². The number of fused-ring (bicyclic) bond motifs is 1. The minimum Gasteiger partial charge on any atom is -0.356 e. The zero-order valence-corrected chi connectivity index (χ0v) is 14.4. The minimum absolute atomic E-state index is 0.0652. The first-order valence-corrected chi connectivity index (χ1v) is 9.03. The van der Waals surface area contributed by atoms with Crippen LogP contribution in [0.4, 0.5) is 11.6 Å². The molecule has 25 heavy (non-hydrogen) atoms. The third kappa shape index (κ3) is 2.67. The predicted octanol–water partition coefficient (Wildman–Crippen LogP) is 1.02. The summed E-state index contributed by atoms with van der Waals surface area (Å²) < 4.78 is 1.41. The molecule has 7 nitrogen and oxygen atoms in total. The molecule has 0 bridgehead atoms. The van der Waals surface area contributed by atoms with Gasteiger partial charge < -0.3 is 9.80 Å². The van der Waals surface area contributed by atoms with Gasteiger partial charge in [0, 0.05) is 68.8 Å². The fourth-order valence-electron chi connectivity index (χ4n) is 4.16. The molecule has 2 aromatic rings. The van der Waals surface area contributed by atoms with E-state index in [2.05, 4.69) is 30.9 Å². The smallest absolute Gasteiger partial charge is 0.266 e. The topological polar surface area (TPSA) is 67.2 Å². The van der Waals surface area contributed by atoms with Gasteiger partial charge >= 0.3 is 0 Å². The van der Waals surface area contributed by atoms with Crippen molar-refractivity contribution in [2.24, 2.45) is 18.9 Å². The van der Waals surface area contributed by atoms with Crippen LogP contribution >= 0.6 is 0 Å². The van der Waals surface area contributed by atoms with Crippen molar-refractivity contribution in [3.05, 3.63) is 40.6 Å². The molecule has 2 aliphatic heterocycles. The molecule has 0 spiro atoms. The highest BCUT2D eigenvalue weighted by Crippen LogP contribution is 2.40. The summed E-state index contributed by atoms with van der Waals surface area (Å²) in [5.41, 5.74) is 1.14. The van der Waals surface area contributed by atoms with Crippen molar-refractivity contribution in [1.29, 1.82) is 0 Å². The standard InChI is InChI=1S/C18H22N6O/c1-22-18(25)5-4-16(21-22)23-7-13-9-24(10-14(13)8-23)17-6-15(12-2-3-12)19-11-20-17/h4-6,11-14H,2-3,7-10H2,1H3. The summed E-state index contributed by atoms with van der Waals surface area (Å²) in [5, 5.41) is 4.39. The van der Waals surface area contributed by atoms with E-state index in [1.165, 1.54) is 23.2 Å². The van der Waals surface area contributed by atoms with Crippen molar-refractivity contribution in [2.75, 3.05) is 36.0 Å². The van der Waals surface area contributed by atoms with E-state index in [1.807, 2.05) is 6.07 Å². The van der Waals surface area contributed by atoms with Crippen molar-refractivity contribution in [2.45, 2.75) is 18.8 Å². The summed E-state index contributed by atoms with van der Waals surface area (Å²) in [6.07, 6.45) is 4.25. The molecular weight excluding hydrogens is 316 g/mol. The number of hydrogen-bond acceptors (Lipinski definition) is 6. The normalized spacial score (nSPS) is 25.5. The number of nitrogens with zero attached hydrogens (tertiary/aromatic N) is 6. The lowest BCUT2D eigenvalue weighted by atomic mass is 10.0. The molecule has 4 heterocycles. The quantitative estimate of drug-likeness (QED) is 0.832. The Hall–Kier alpha value is -2.44. The van der Waals surface area contributed by atoms with Gasteiger partial charge in [-0.3, -0.25) is 4.79 Å². The third-order valence-electron chi connectivity index (χ3n) is 5.75. The fraction of sp³-hybridized carbons (Fsp3) is 0.556. The number of aromatic nitrogens is 4. The summed E-state index contributed by atoms with van der Waals surface area (Å²) >= 11 is 0. The van der Waals surface area contributed by atoms with Crippen LogP contribution in [-0.4, -0.2) is 45.9 Å². The van der Waals surface area contributed by atoms with Crippen molar-refractivity contribution in [3.8, 4) is 0 Å². The van der Waals surface area contributed by atoms with Crippen LogP contribution in [-0.2, 0) is 7.05 Å². The summed E-state index contributed by atoms with van der Waals surface area (Å²) in [4.78, 5) is 25.2. The van der Waals surface area contributed by atoms with E-state index in [1.54, 1.807) is 19.4 Å². The highest BCUT2D eigenvalue weighted by Gasteiger charge is 2.41. The SMILES string of the molecule is Cn1nc(N2CC3CN(c4cc(C5CC5)ncn4)CC3C2)ccc1=O. The molecule has 0 radical (unpaired) electrons. The van der Waals surface area contributed by atoms with Crippen molar-refractivity contribution < 1.29 is 0 Å². The van der Waals surface area contributed by atoms with E-state index < -0.39 is 0 Å². The molecule has 3 fully saturated rings. The van der Waals surface area contributed by atoms with E-state index >= 15 is 0 Å². The Balaban J connectivity index is 1.29. The lowest BCUT2D eigenvalue weighted by molar-refractivity contribution is 0.533. The van der Waals surface area contributed by atoms with Gasteiger partial charge in [0.2, 0.25) is 0 Å². The third-order valence-corrected chi connectivity index (χ3v) is 5.75. The maximum atomic E-state index is 11.5. The Kier molecular flexibility index (Phi) is 3.29. The summed E-state index contributed by atoms with van der Waals surface area (Å²) in [6.45, 7) is 4.06. The number of rotatable bonds is 3. The lowest BCUT2D eigenvalue weighted by Crippen LogP contribution is -2.31. The molecule has 1 saturated carbocycles. The van der Waals surface area contributed by atoms with Crippen LogP contribution in [0.15, 0.2) is 29.3 Å². The van der Waals surface area contributed by atoms with Gasteiger partial charge in [-0.05, 0) is 18.9 Å². The fourth-order valence-corrected chi connectivity index (χ4v) is 4.16. The second kappa shape index (κ2) is 5.54. The molecule has 5 rings (SSSR count). The molecule has 2 unspecified atom stereocenters. The van der Waals surface area contributed by atoms with Crippen molar-refractivity contribution >= 4 is 11.6 Å². The van der Waals surface area contributed by atoms with Gasteiger partial charge in [-0.1, -0.05) is 0 Å². The Morgan fingerprint density at radius 2 is 1.64 bits per heavy atom. The molecule has 7 heteroatoms. The molecule has 2 atom stereocenters. The van der Waals surface area contributed by atoms with Gasteiger partial charge in [0.05, 0.1) is 0 Å². The van der Waals surface area contributed by atoms with Crippen LogP contribution in [0.1, 0.15) is 24.5 Å². The van der Waals surface area contributed by atoms with E-state index in [0.717, 1.165) is 37.8 Å². The Bertz CT molecular complexity index is 847. The minimum atomic E-state index is -0.0652. The molecule has 3 aliphatic rings. The predicted molar refractivity (Wildman–Crippen MR) is 94.9 cm³/mol. The molecule has 2 aromatic heterocycles. The Morgan fingerprint density at radius 1 is 0.960 bits per heavy atom. The van der Waals surface area contributed by atoms with Crippen LogP contribution in [0.25, 0.3) is 0 Å². The maximum Gasteiger partial charge on any atom is 0.266 e. The number of aryl methyl sites for hydroxylation is 1. The second-order valence-electron chi connectivity index (χ2n) is 7.56. The molecule has 1 aliphatic carbocycles. The van der Waals surface area contributed by atoms with Gasteiger partial charge in [-0.2, -0.15) is 5.10 Å². The first-order chi connectivity index (χ1) is 12.2. The van der Waals surface area contributed by atoms with Gasteiger partial charge in [0.15, 0.2) is 0 Å². The van der Waals surface area contributed by atoms with Crippen LogP contribution in [0, 0.1) is 11.8 Å². The van der Waals surface area contributed by atoms with Gasteiger partial charge in [-0.25, -0.2) is 14.6 Å². The molecule has 130 valence electrons. The number of anilines is 2. The summed E-state index contributed by atoms with van der Waals surface area (Å²) in [5.74, 6) is 3.89. The average Bonchev–Trinajstić information content (AvgIpc) is 3.28. The highest BCUT2D eigenvalue weighted by atomic mass is 16.1. The molecule has 0 aromatic carbocycles. The van der Waals surface area contributed by atoms with Crippen molar-refractivity contribution in [3.63, 3.8) is 0 Å². The van der Waals surface area contributed by atoms with E-state index in [-0.39, 0.29) is 5.56 Å². The first kappa shape index (κ1) is 14.9. The van der Waals surface area contributed by atoms with Gasteiger partial charge in [-0.15, -0.1) is 0 Å². The largest absolute Gasteiger partial charge is 0.356 e. The van der Waals surface area contributed by atoms with E-state index in [4.69, 9.17) is 0 Å². The van der Waals surface area contributed by atoms with Gasteiger partial charge in [0.1, 0.15) is 18.0 Å². The zero-order valence-electron chi connectivity index (χ0n) is 14.4. The number of hydrogen-bond donors (Lipinski definition) is 0. The monoisotopic (exact) mass is 338 g/mol. The van der Waals surface area contributed by atoms with E-state index in [9.17, 15) is 4.79 Å². The highest BCUT2D eigenvalue weighted by molar-refractivity contribution is 5.45. The van der Waals surface area contributed by atoms with Gasteiger partial charge in [0.25, 0.3) is 5.56 Å². The van der Waals surface area contributed by atoms with Crippen LogP contribution in [0.2, 0.25) is 0 Å². The molecule has 0 amide bonds.